The third-order valence-electron chi connectivity index (χ3n) is 11.4. The Bertz CT molecular complexity index is 2900. The fraction of sp³-hybridized carbons (Fsp3) is 0.111. The number of hydrogen-bond acceptors (Lipinski definition) is 15. The quantitative estimate of drug-likeness (QED) is 0.0550. The lowest BCUT2D eigenvalue weighted by atomic mass is 9.68. The van der Waals surface area contributed by atoms with Crippen LogP contribution in [-0.2, 0) is 20.4 Å². The Balaban J connectivity index is 1.23. The van der Waals surface area contributed by atoms with Crippen molar-refractivity contribution in [2.24, 2.45) is 0 Å². The van der Waals surface area contributed by atoms with Crippen LogP contribution in [-0.4, -0.2) is 59.9 Å². The smallest absolute Gasteiger partial charge is 0.331 e. The molecule has 0 fully saturated rings. The van der Waals surface area contributed by atoms with E-state index >= 15 is 0 Å². The summed E-state index contributed by atoms with van der Waals surface area (Å²) in [5.74, 6) is -5.17. The van der Waals surface area contributed by atoms with E-state index in [1.165, 1.54) is 98.1 Å². The normalized spacial score (nSPS) is 21.6. The van der Waals surface area contributed by atoms with E-state index in [2.05, 4.69) is 0 Å². The lowest BCUT2D eigenvalue weighted by Crippen LogP contribution is -2.40. The van der Waals surface area contributed by atoms with Crippen LogP contribution in [0.1, 0.15) is 56.7 Å². The average molecular weight is 811 g/mol. The van der Waals surface area contributed by atoms with E-state index in [0.717, 1.165) is 12.1 Å². The van der Waals surface area contributed by atoms with Gasteiger partial charge < -0.3 is 64.5 Å². The summed E-state index contributed by atoms with van der Waals surface area (Å²) in [6, 6.07) is 20.0. The van der Waals surface area contributed by atoms with Gasteiger partial charge in [-0.3, -0.25) is 9.59 Å². The Morgan fingerprint density at radius 1 is 0.500 bits per heavy atom. The Morgan fingerprint density at radius 3 is 1.47 bits per heavy atom. The molecule has 15 nitrogen and oxygen atoms in total. The molecule has 0 bridgehead atoms. The number of benzene rings is 6. The van der Waals surface area contributed by atoms with Gasteiger partial charge in [0, 0.05) is 41.5 Å². The van der Waals surface area contributed by atoms with E-state index in [4.69, 9.17) is 23.7 Å². The molecule has 6 aromatic carbocycles. The molecule has 4 aliphatic heterocycles. The van der Waals surface area contributed by atoms with Gasteiger partial charge in [0.1, 0.15) is 69.7 Å². The highest BCUT2D eigenvalue weighted by molar-refractivity contribution is 6.03. The number of phenols is 8. The molecule has 0 saturated carbocycles. The van der Waals surface area contributed by atoms with Crippen molar-refractivity contribution in [3.8, 4) is 74.7 Å². The maximum absolute atomic E-state index is 14.6. The van der Waals surface area contributed by atoms with Gasteiger partial charge in [-0.2, -0.15) is 0 Å². The predicted molar refractivity (Wildman–Crippen MR) is 207 cm³/mol. The molecular formula is C45H30O15. The van der Waals surface area contributed by atoms with Gasteiger partial charge >= 0.3 is 11.9 Å². The number of ether oxygens (including phenoxy) is 5. The second kappa shape index (κ2) is 12.4. The van der Waals surface area contributed by atoms with Gasteiger partial charge in [0.25, 0.3) is 0 Å². The van der Waals surface area contributed by atoms with Gasteiger partial charge in [-0.05, 0) is 58.7 Å². The zero-order valence-electron chi connectivity index (χ0n) is 30.9. The second-order valence-corrected chi connectivity index (χ2v) is 14.7. The third kappa shape index (κ3) is 4.70. The molecule has 15 heteroatoms. The summed E-state index contributed by atoms with van der Waals surface area (Å²) >= 11 is 0. The van der Waals surface area contributed by atoms with Crippen molar-refractivity contribution >= 4 is 24.1 Å². The molecule has 6 aromatic rings. The van der Waals surface area contributed by atoms with Crippen LogP contribution in [0, 0.1) is 0 Å². The topological polar surface area (TPSA) is 242 Å². The number of carbonyl (C=O) groups excluding carboxylic acids is 2. The summed E-state index contributed by atoms with van der Waals surface area (Å²) in [5, 5.41) is 86.5. The maximum Gasteiger partial charge on any atom is 0.331 e. The molecule has 0 saturated heterocycles. The van der Waals surface area contributed by atoms with Crippen molar-refractivity contribution < 1.29 is 74.1 Å². The van der Waals surface area contributed by atoms with Crippen molar-refractivity contribution in [1.29, 1.82) is 0 Å². The van der Waals surface area contributed by atoms with E-state index < -0.39 is 52.2 Å². The van der Waals surface area contributed by atoms with Crippen LogP contribution in [0.5, 0.6) is 74.7 Å². The first-order valence-corrected chi connectivity index (χ1v) is 18.3. The largest absolute Gasteiger partial charge is 0.508 e. The van der Waals surface area contributed by atoms with Gasteiger partial charge in [0.2, 0.25) is 5.75 Å². The SMILES string of the molecule is COc1c(O)cc(/C=C/c2cc(O)cc3c2[C@@]2(C(=O)O3)c3c(O)cc(O)cc3O[C@@H]2c2ccc(O)cc2)c2c1OC(=O)[C@]21c2c(O)cc(O)cc2O[C@@H]1c1ccc(O)cc1. The first-order chi connectivity index (χ1) is 28.8. The van der Waals surface area contributed by atoms with Crippen molar-refractivity contribution in [2.75, 3.05) is 7.11 Å². The molecule has 0 aliphatic carbocycles. The van der Waals surface area contributed by atoms with Gasteiger partial charge in [0.15, 0.2) is 22.3 Å². The standard InChI is InChI=1S/C45H30O15/c1-56-38-30(53)13-22(35-39(38)60-43(55)45(35)37-29(52)15-27(50)18-33(37)58-41(45)20-6-10-24(47)11-7-20)3-2-21-12-25(48)16-31-34(21)44(42(54)59-31)36-28(51)14-26(49)17-32(36)57-40(44)19-4-8-23(46)9-5-19/h2-18,40-41,46-53H,1H3/b3-2+/t40-,41-,44-,45+/m1/s1. The maximum atomic E-state index is 14.6. The number of fused-ring (bicyclic) bond motifs is 8. The molecule has 10 rings (SSSR count). The molecule has 4 heterocycles. The van der Waals surface area contributed by atoms with E-state index in [-0.39, 0.29) is 90.9 Å². The molecule has 4 atom stereocenters. The van der Waals surface area contributed by atoms with Crippen molar-refractivity contribution in [2.45, 2.75) is 23.0 Å². The van der Waals surface area contributed by atoms with Crippen LogP contribution in [0.15, 0.2) is 91.0 Å². The second-order valence-electron chi connectivity index (χ2n) is 14.7. The lowest BCUT2D eigenvalue weighted by molar-refractivity contribution is -0.139. The van der Waals surface area contributed by atoms with Gasteiger partial charge in [0.05, 0.1) is 18.2 Å². The fourth-order valence-electron chi connectivity index (χ4n) is 9.18. The summed E-state index contributed by atoms with van der Waals surface area (Å²) in [6.45, 7) is 0. The third-order valence-corrected chi connectivity index (χ3v) is 11.4. The number of methoxy groups -OCH3 is 1. The highest BCUT2D eigenvalue weighted by Crippen LogP contribution is 2.67. The molecule has 2 spiro atoms. The molecule has 8 N–H and O–H groups in total. The minimum absolute atomic E-state index is 0.0418. The number of esters is 2. The molecule has 0 amide bonds. The monoisotopic (exact) mass is 810 g/mol. The molecular weight excluding hydrogens is 780 g/mol. The van der Waals surface area contributed by atoms with E-state index in [1.807, 2.05) is 0 Å². The molecule has 60 heavy (non-hydrogen) atoms. The summed E-state index contributed by atoms with van der Waals surface area (Å²) in [7, 11) is 1.25. The minimum Gasteiger partial charge on any atom is -0.508 e. The molecule has 0 aromatic heterocycles. The number of aromatic hydroxyl groups is 8. The van der Waals surface area contributed by atoms with E-state index in [0.29, 0.717) is 11.1 Å². The number of hydrogen-bond donors (Lipinski definition) is 8. The Labute approximate surface area is 338 Å². The van der Waals surface area contributed by atoms with E-state index in [1.54, 1.807) is 0 Å². The highest BCUT2D eigenvalue weighted by Gasteiger charge is 2.67. The van der Waals surface area contributed by atoms with Gasteiger partial charge in [-0.15, -0.1) is 0 Å². The zero-order chi connectivity index (χ0) is 42.0. The number of phenolic OH excluding ortho intramolecular Hbond substituents is 8. The summed E-state index contributed by atoms with van der Waals surface area (Å²) < 4.78 is 30.0. The van der Waals surface area contributed by atoms with Crippen LogP contribution in [0.25, 0.3) is 12.2 Å². The van der Waals surface area contributed by atoms with Crippen LogP contribution < -0.4 is 23.7 Å². The molecule has 300 valence electrons. The Kier molecular flexibility index (Phi) is 7.47. The van der Waals surface area contributed by atoms with Crippen molar-refractivity contribution in [3.05, 3.63) is 136 Å². The van der Waals surface area contributed by atoms with Crippen LogP contribution in [0.4, 0.5) is 0 Å². The summed E-state index contributed by atoms with van der Waals surface area (Å²) in [6.07, 6.45) is 0.367. The average Bonchev–Trinajstić information content (AvgIpc) is 3.90. The van der Waals surface area contributed by atoms with Gasteiger partial charge in [-0.25, -0.2) is 0 Å². The zero-order valence-corrected chi connectivity index (χ0v) is 30.9. The summed E-state index contributed by atoms with van der Waals surface area (Å²) in [5.41, 5.74) is -3.00. The number of rotatable bonds is 5. The van der Waals surface area contributed by atoms with Crippen molar-refractivity contribution in [3.63, 3.8) is 0 Å². The van der Waals surface area contributed by atoms with Crippen molar-refractivity contribution in [1.82, 2.24) is 0 Å². The minimum atomic E-state index is -2.04. The molecule has 0 radical (unpaired) electrons. The summed E-state index contributed by atoms with van der Waals surface area (Å²) in [4.78, 5) is 29.1. The first kappa shape index (κ1) is 36.2. The number of carbonyl (C=O) groups is 2. The van der Waals surface area contributed by atoms with Gasteiger partial charge in [-0.1, -0.05) is 36.4 Å². The lowest BCUT2D eigenvalue weighted by Gasteiger charge is -2.29. The molecule has 4 aliphatic rings. The van der Waals surface area contributed by atoms with Crippen LogP contribution in [0.3, 0.4) is 0 Å². The predicted octanol–water partition coefficient (Wildman–Crippen LogP) is 6.19. The fourth-order valence-corrected chi connectivity index (χ4v) is 9.18. The van der Waals surface area contributed by atoms with E-state index in [9.17, 15) is 50.4 Å². The van der Waals surface area contributed by atoms with Crippen LogP contribution >= 0.6 is 0 Å². The molecule has 0 unspecified atom stereocenters. The van der Waals surface area contributed by atoms with Crippen LogP contribution in [0.2, 0.25) is 0 Å². The first-order valence-electron chi connectivity index (χ1n) is 18.3. The highest BCUT2D eigenvalue weighted by atomic mass is 16.6. The Morgan fingerprint density at radius 2 is 0.950 bits per heavy atom. The Hall–Kier alpha value is -8.20.